The van der Waals surface area contributed by atoms with Gasteiger partial charge < -0.3 is 10.6 Å². The smallest absolute Gasteiger partial charge is 0.287 e. The Morgan fingerprint density at radius 3 is 3.00 bits per heavy atom. The van der Waals surface area contributed by atoms with E-state index in [0.29, 0.717) is 25.2 Å². The Morgan fingerprint density at radius 1 is 1.61 bits per heavy atom. The van der Waals surface area contributed by atoms with E-state index in [4.69, 9.17) is 11.6 Å². The molecule has 18 heavy (non-hydrogen) atoms. The van der Waals surface area contributed by atoms with Crippen LogP contribution in [-0.2, 0) is 11.3 Å². The molecule has 7 heteroatoms. The number of nitrogens with one attached hydrogen (secondary N) is 2. The van der Waals surface area contributed by atoms with Gasteiger partial charge in [-0.15, -0.1) is 0 Å². The lowest BCUT2D eigenvalue weighted by molar-refractivity contribution is -0.122. The Morgan fingerprint density at radius 2 is 2.39 bits per heavy atom. The highest BCUT2D eigenvalue weighted by atomic mass is 35.5. The van der Waals surface area contributed by atoms with Crippen LogP contribution in [0.25, 0.3) is 0 Å². The maximum absolute atomic E-state index is 11.8. The number of nitrogens with zero attached hydrogens (tertiary/aromatic N) is 2. The standard InChI is InChI=1S/C11H15ClN4O2/c1-2-16-11(18)10(12)8(6-14-16)15-7-3-4-9(17)13-5-7/h6-7,15H,2-5H2,1H3,(H,13,17). The predicted molar refractivity (Wildman–Crippen MR) is 68.8 cm³/mol. The number of halogens is 1. The van der Waals surface area contributed by atoms with E-state index in [1.807, 2.05) is 6.92 Å². The largest absolute Gasteiger partial charge is 0.378 e. The average molecular weight is 271 g/mol. The van der Waals surface area contributed by atoms with Crippen molar-refractivity contribution in [1.82, 2.24) is 15.1 Å². The molecule has 1 aromatic rings. The fourth-order valence-electron chi connectivity index (χ4n) is 1.87. The van der Waals surface area contributed by atoms with E-state index in [2.05, 4.69) is 15.7 Å². The van der Waals surface area contributed by atoms with Crippen molar-refractivity contribution in [3.8, 4) is 0 Å². The fraction of sp³-hybridized carbons (Fsp3) is 0.545. The van der Waals surface area contributed by atoms with Gasteiger partial charge in [-0.2, -0.15) is 5.10 Å². The minimum Gasteiger partial charge on any atom is -0.378 e. The first kappa shape index (κ1) is 12.9. The van der Waals surface area contributed by atoms with Crippen LogP contribution < -0.4 is 16.2 Å². The van der Waals surface area contributed by atoms with Crippen LogP contribution in [0.5, 0.6) is 0 Å². The van der Waals surface area contributed by atoms with Crippen molar-refractivity contribution in [2.45, 2.75) is 32.4 Å². The second-order valence-corrected chi connectivity index (χ2v) is 4.56. The molecular weight excluding hydrogens is 256 g/mol. The lowest BCUT2D eigenvalue weighted by atomic mass is 10.1. The first-order valence-corrected chi connectivity index (χ1v) is 6.28. The summed E-state index contributed by atoms with van der Waals surface area (Å²) < 4.78 is 1.30. The maximum atomic E-state index is 11.8. The topological polar surface area (TPSA) is 76.0 Å². The Bertz CT molecular complexity index is 504. The van der Waals surface area contributed by atoms with Gasteiger partial charge in [-0.25, -0.2) is 4.68 Å². The summed E-state index contributed by atoms with van der Waals surface area (Å²) in [5.41, 5.74) is 0.219. The van der Waals surface area contributed by atoms with Crippen molar-refractivity contribution in [2.75, 3.05) is 11.9 Å². The van der Waals surface area contributed by atoms with Gasteiger partial charge in [-0.05, 0) is 13.3 Å². The van der Waals surface area contributed by atoms with Gasteiger partial charge >= 0.3 is 0 Å². The number of amides is 1. The molecule has 1 aliphatic rings. The van der Waals surface area contributed by atoms with E-state index in [0.717, 1.165) is 6.42 Å². The van der Waals surface area contributed by atoms with Crippen LogP contribution in [0.15, 0.2) is 11.0 Å². The van der Waals surface area contributed by atoms with E-state index >= 15 is 0 Å². The summed E-state index contributed by atoms with van der Waals surface area (Å²) in [6, 6.07) is 0.0823. The van der Waals surface area contributed by atoms with Crippen molar-refractivity contribution in [1.29, 1.82) is 0 Å². The first-order valence-electron chi connectivity index (χ1n) is 5.90. The number of piperidine rings is 1. The average Bonchev–Trinajstić information content (AvgIpc) is 2.38. The maximum Gasteiger partial charge on any atom is 0.287 e. The highest BCUT2D eigenvalue weighted by Gasteiger charge is 2.19. The fourth-order valence-corrected chi connectivity index (χ4v) is 2.07. The summed E-state index contributed by atoms with van der Waals surface area (Å²) in [6.07, 6.45) is 2.75. The van der Waals surface area contributed by atoms with Gasteiger partial charge in [0.1, 0.15) is 5.02 Å². The molecule has 2 heterocycles. The van der Waals surface area contributed by atoms with Crippen molar-refractivity contribution in [2.24, 2.45) is 0 Å². The summed E-state index contributed by atoms with van der Waals surface area (Å²) in [4.78, 5) is 22.8. The SMILES string of the molecule is CCn1ncc(NC2CCC(=O)NC2)c(Cl)c1=O. The highest BCUT2D eigenvalue weighted by molar-refractivity contribution is 6.32. The minimum atomic E-state index is -0.302. The van der Waals surface area contributed by atoms with Crippen LogP contribution in [0, 0.1) is 0 Å². The third-order valence-corrected chi connectivity index (χ3v) is 3.27. The second kappa shape index (κ2) is 5.39. The van der Waals surface area contributed by atoms with Crippen LogP contribution in [0.4, 0.5) is 5.69 Å². The number of hydrogen-bond acceptors (Lipinski definition) is 4. The molecule has 2 N–H and O–H groups in total. The van der Waals surface area contributed by atoms with Gasteiger partial charge in [0, 0.05) is 25.6 Å². The number of aryl methyl sites for hydroxylation is 1. The molecular formula is C11H15ClN4O2. The summed E-state index contributed by atoms with van der Waals surface area (Å²) in [5.74, 6) is 0.0543. The van der Waals surface area contributed by atoms with E-state index in [1.165, 1.54) is 4.68 Å². The van der Waals surface area contributed by atoms with Crippen molar-refractivity contribution in [3.63, 3.8) is 0 Å². The van der Waals surface area contributed by atoms with Crippen molar-refractivity contribution < 1.29 is 4.79 Å². The minimum absolute atomic E-state index is 0.0543. The number of aromatic nitrogens is 2. The van der Waals surface area contributed by atoms with Gasteiger partial charge in [0.05, 0.1) is 11.9 Å². The van der Waals surface area contributed by atoms with Crippen LogP contribution in [-0.4, -0.2) is 28.3 Å². The van der Waals surface area contributed by atoms with Gasteiger partial charge in [-0.1, -0.05) is 11.6 Å². The molecule has 1 aromatic heterocycles. The zero-order chi connectivity index (χ0) is 13.1. The number of anilines is 1. The predicted octanol–water partition coefficient (Wildman–Crippen LogP) is 0.607. The molecule has 0 radical (unpaired) electrons. The van der Waals surface area contributed by atoms with Gasteiger partial charge in [0.25, 0.3) is 5.56 Å². The Labute approximate surface area is 109 Å². The number of carbonyl (C=O) groups excluding carboxylic acids is 1. The number of carbonyl (C=O) groups is 1. The molecule has 1 unspecified atom stereocenters. The quantitative estimate of drug-likeness (QED) is 0.844. The first-order chi connectivity index (χ1) is 8.61. The molecule has 2 rings (SSSR count). The van der Waals surface area contributed by atoms with E-state index in [1.54, 1.807) is 6.20 Å². The summed E-state index contributed by atoms with van der Waals surface area (Å²) in [6.45, 7) is 2.85. The van der Waals surface area contributed by atoms with Crippen LogP contribution in [0.1, 0.15) is 19.8 Å². The molecule has 6 nitrogen and oxygen atoms in total. The monoisotopic (exact) mass is 270 g/mol. The van der Waals surface area contributed by atoms with Gasteiger partial charge in [0.2, 0.25) is 5.91 Å². The second-order valence-electron chi connectivity index (χ2n) is 4.18. The lowest BCUT2D eigenvalue weighted by Gasteiger charge is -2.24. The Balaban J connectivity index is 2.12. The molecule has 1 atom stereocenters. The zero-order valence-electron chi connectivity index (χ0n) is 10.1. The Hall–Kier alpha value is -1.56. The van der Waals surface area contributed by atoms with E-state index in [-0.39, 0.29) is 22.5 Å². The lowest BCUT2D eigenvalue weighted by Crippen LogP contribution is -2.42. The molecule has 0 spiro atoms. The van der Waals surface area contributed by atoms with Gasteiger partial charge in [-0.3, -0.25) is 9.59 Å². The zero-order valence-corrected chi connectivity index (χ0v) is 10.8. The molecule has 1 amide bonds. The molecule has 1 fully saturated rings. The molecule has 98 valence electrons. The van der Waals surface area contributed by atoms with Crippen LogP contribution in [0.3, 0.4) is 0 Å². The normalized spacial score (nSPS) is 19.4. The number of rotatable bonds is 3. The molecule has 0 aromatic carbocycles. The highest BCUT2D eigenvalue weighted by Crippen LogP contribution is 2.18. The van der Waals surface area contributed by atoms with E-state index < -0.39 is 0 Å². The van der Waals surface area contributed by atoms with Crippen LogP contribution in [0.2, 0.25) is 5.02 Å². The molecule has 0 bridgehead atoms. The van der Waals surface area contributed by atoms with Gasteiger partial charge in [0.15, 0.2) is 0 Å². The third-order valence-electron chi connectivity index (χ3n) is 2.91. The number of hydrogen-bond donors (Lipinski definition) is 2. The van der Waals surface area contributed by atoms with Crippen LogP contribution >= 0.6 is 11.6 Å². The third kappa shape index (κ3) is 2.64. The van der Waals surface area contributed by atoms with Crippen molar-refractivity contribution >= 4 is 23.2 Å². The molecule has 0 saturated carbocycles. The summed E-state index contributed by atoms with van der Waals surface area (Å²) in [5, 5.41) is 10.1. The summed E-state index contributed by atoms with van der Waals surface area (Å²) in [7, 11) is 0. The van der Waals surface area contributed by atoms with E-state index in [9.17, 15) is 9.59 Å². The molecule has 0 aliphatic carbocycles. The van der Waals surface area contributed by atoms with Crippen molar-refractivity contribution in [3.05, 3.63) is 21.6 Å². The molecule has 1 aliphatic heterocycles. The Kier molecular flexibility index (Phi) is 3.86. The molecule has 1 saturated heterocycles. The summed E-state index contributed by atoms with van der Waals surface area (Å²) >= 11 is 6.00.